The smallest absolute Gasteiger partial charge is 0.243 e. The SMILES string of the molecule is CCCCn1nnn(S(=O)(=O)c2ccc(Cl)cc2)c1=O. The Kier molecular flexibility index (Phi) is 4.24. The van der Waals surface area contributed by atoms with Crippen molar-refractivity contribution in [2.24, 2.45) is 0 Å². The molecule has 0 bridgehead atoms. The molecule has 0 aliphatic heterocycles. The number of benzene rings is 1. The third-order valence-electron chi connectivity index (χ3n) is 2.68. The molecule has 0 amide bonds. The standard InChI is InChI=1S/C11H13ClN4O3S/c1-2-3-8-15-11(17)16(14-13-15)20(18,19)10-6-4-9(12)5-7-10/h4-7H,2-3,8H2,1H3. The first-order chi connectivity index (χ1) is 9.46. The Morgan fingerprint density at radius 3 is 2.45 bits per heavy atom. The van der Waals surface area contributed by atoms with Gasteiger partial charge in [0.05, 0.1) is 4.90 Å². The van der Waals surface area contributed by atoms with Crippen LogP contribution in [-0.2, 0) is 16.6 Å². The Hall–Kier alpha value is -1.67. The quantitative estimate of drug-likeness (QED) is 0.825. The van der Waals surface area contributed by atoms with E-state index in [1.54, 1.807) is 0 Å². The fourth-order valence-electron chi connectivity index (χ4n) is 1.57. The van der Waals surface area contributed by atoms with Gasteiger partial charge in [-0.15, -0.1) is 0 Å². The van der Waals surface area contributed by atoms with E-state index in [-0.39, 0.29) is 4.90 Å². The largest absolute Gasteiger partial charge is 0.378 e. The van der Waals surface area contributed by atoms with E-state index in [1.807, 2.05) is 6.92 Å². The van der Waals surface area contributed by atoms with Crippen molar-refractivity contribution in [3.8, 4) is 0 Å². The second kappa shape index (κ2) is 5.76. The van der Waals surface area contributed by atoms with Crippen molar-refractivity contribution in [1.29, 1.82) is 0 Å². The van der Waals surface area contributed by atoms with Crippen molar-refractivity contribution in [2.45, 2.75) is 31.2 Å². The number of unbranched alkanes of at least 4 members (excludes halogenated alkanes) is 1. The number of halogens is 1. The molecule has 1 heterocycles. The molecule has 0 radical (unpaired) electrons. The maximum Gasteiger partial charge on any atom is 0.378 e. The van der Waals surface area contributed by atoms with Gasteiger partial charge in [0.1, 0.15) is 0 Å². The summed E-state index contributed by atoms with van der Waals surface area (Å²) >= 11 is 5.70. The predicted octanol–water partition coefficient (Wildman–Crippen LogP) is 1.13. The van der Waals surface area contributed by atoms with E-state index in [4.69, 9.17) is 11.6 Å². The number of hydrogen-bond donors (Lipinski definition) is 0. The summed E-state index contributed by atoms with van der Waals surface area (Å²) in [4.78, 5) is 11.9. The van der Waals surface area contributed by atoms with E-state index in [9.17, 15) is 13.2 Å². The average Bonchev–Trinajstić information content (AvgIpc) is 2.79. The molecule has 0 saturated carbocycles. The van der Waals surface area contributed by atoms with Crippen LogP contribution in [-0.4, -0.2) is 27.6 Å². The van der Waals surface area contributed by atoms with Crippen molar-refractivity contribution in [3.05, 3.63) is 39.8 Å². The van der Waals surface area contributed by atoms with E-state index < -0.39 is 15.7 Å². The molecule has 0 aliphatic rings. The minimum atomic E-state index is -4.04. The van der Waals surface area contributed by atoms with Crippen LogP contribution in [0.5, 0.6) is 0 Å². The fraction of sp³-hybridized carbons (Fsp3) is 0.364. The van der Waals surface area contributed by atoms with Crippen molar-refractivity contribution >= 4 is 21.6 Å². The topological polar surface area (TPSA) is 86.8 Å². The van der Waals surface area contributed by atoms with Crippen LogP contribution in [0.25, 0.3) is 0 Å². The molecule has 20 heavy (non-hydrogen) atoms. The third kappa shape index (κ3) is 2.75. The normalized spacial score (nSPS) is 11.7. The van der Waals surface area contributed by atoms with Crippen LogP contribution in [0.15, 0.2) is 34.0 Å². The van der Waals surface area contributed by atoms with Gasteiger partial charge in [-0.05, 0) is 41.1 Å². The van der Waals surface area contributed by atoms with E-state index in [0.717, 1.165) is 17.5 Å². The minimum Gasteiger partial charge on any atom is -0.243 e. The molecule has 2 rings (SSSR count). The van der Waals surface area contributed by atoms with Crippen LogP contribution < -0.4 is 5.69 Å². The van der Waals surface area contributed by atoms with Crippen LogP contribution in [0.4, 0.5) is 0 Å². The maximum absolute atomic E-state index is 12.3. The van der Waals surface area contributed by atoms with Gasteiger partial charge in [0.25, 0.3) is 10.0 Å². The highest BCUT2D eigenvalue weighted by molar-refractivity contribution is 7.89. The average molecular weight is 317 g/mol. The molecule has 9 heteroatoms. The summed E-state index contributed by atoms with van der Waals surface area (Å²) in [6, 6.07) is 5.49. The Labute approximate surface area is 120 Å². The van der Waals surface area contributed by atoms with Gasteiger partial charge in [-0.25, -0.2) is 4.79 Å². The lowest BCUT2D eigenvalue weighted by Crippen LogP contribution is -2.30. The summed E-state index contributed by atoms with van der Waals surface area (Å²) in [5.74, 6) is 0. The van der Waals surface area contributed by atoms with Gasteiger partial charge in [0, 0.05) is 11.6 Å². The van der Waals surface area contributed by atoms with Crippen molar-refractivity contribution < 1.29 is 8.42 Å². The van der Waals surface area contributed by atoms with Gasteiger partial charge in [0.15, 0.2) is 0 Å². The minimum absolute atomic E-state index is 0.0634. The van der Waals surface area contributed by atoms with Crippen LogP contribution in [0.1, 0.15) is 19.8 Å². The highest BCUT2D eigenvalue weighted by Gasteiger charge is 2.22. The number of hydrogen-bond acceptors (Lipinski definition) is 5. The number of aromatic nitrogens is 4. The second-order valence-corrected chi connectivity index (χ2v) is 6.34. The monoisotopic (exact) mass is 316 g/mol. The van der Waals surface area contributed by atoms with Gasteiger partial charge >= 0.3 is 5.69 Å². The summed E-state index contributed by atoms with van der Waals surface area (Å²) < 4.78 is 25.9. The van der Waals surface area contributed by atoms with Crippen molar-refractivity contribution in [2.75, 3.05) is 0 Å². The van der Waals surface area contributed by atoms with Gasteiger partial charge in [0.2, 0.25) is 0 Å². The highest BCUT2D eigenvalue weighted by Crippen LogP contribution is 2.15. The lowest BCUT2D eigenvalue weighted by molar-refractivity contribution is 0.540. The maximum atomic E-state index is 12.3. The molecule has 108 valence electrons. The number of rotatable bonds is 5. The van der Waals surface area contributed by atoms with Crippen LogP contribution in [0, 0.1) is 0 Å². The first kappa shape index (κ1) is 14.7. The molecule has 7 nitrogen and oxygen atoms in total. The van der Waals surface area contributed by atoms with E-state index in [0.29, 0.717) is 15.7 Å². The van der Waals surface area contributed by atoms with Crippen LogP contribution >= 0.6 is 11.6 Å². The third-order valence-corrected chi connectivity index (χ3v) is 4.48. The van der Waals surface area contributed by atoms with Crippen LogP contribution in [0.2, 0.25) is 5.02 Å². The zero-order chi connectivity index (χ0) is 14.8. The summed E-state index contributed by atoms with van der Waals surface area (Å²) in [6.45, 7) is 2.30. The number of nitrogens with zero attached hydrogens (tertiary/aromatic N) is 4. The van der Waals surface area contributed by atoms with E-state index in [2.05, 4.69) is 10.4 Å². The van der Waals surface area contributed by atoms with Crippen molar-refractivity contribution in [1.82, 2.24) is 19.2 Å². The first-order valence-corrected chi connectivity index (χ1v) is 7.82. The first-order valence-electron chi connectivity index (χ1n) is 6.01. The molecule has 1 aromatic carbocycles. The Morgan fingerprint density at radius 1 is 1.20 bits per heavy atom. The molecule has 1 aromatic heterocycles. The lowest BCUT2D eigenvalue weighted by atomic mass is 10.3. The Balaban J connectivity index is 2.42. The summed E-state index contributed by atoms with van der Waals surface area (Å²) in [7, 11) is -4.04. The summed E-state index contributed by atoms with van der Waals surface area (Å²) in [5.41, 5.74) is -0.770. The van der Waals surface area contributed by atoms with Gasteiger partial charge in [-0.1, -0.05) is 29.0 Å². The molecule has 0 fully saturated rings. The molecule has 2 aromatic rings. The molecule has 0 N–H and O–H groups in total. The van der Waals surface area contributed by atoms with Gasteiger partial charge in [-0.2, -0.15) is 13.1 Å². The molecular weight excluding hydrogens is 304 g/mol. The zero-order valence-electron chi connectivity index (χ0n) is 10.7. The zero-order valence-corrected chi connectivity index (χ0v) is 12.3. The molecule has 0 spiro atoms. The summed E-state index contributed by atoms with van der Waals surface area (Å²) in [5, 5.41) is 7.42. The lowest BCUT2D eigenvalue weighted by Gasteiger charge is -2.01. The summed E-state index contributed by atoms with van der Waals surface area (Å²) in [6.07, 6.45) is 1.59. The van der Waals surface area contributed by atoms with Crippen molar-refractivity contribution in [3.63, 3.8) is 0 Å². The molecule has 0 unspecified atom stereocenters. The Morgan fingerprint density at radius 2 is 1.85 bits per heavy atom. The van der Waals surface area contributed by atoms with E-state index in [1.165, 1.54) is 24.3 Å². The molecule has 0 atom stereocenters. The molecule has 0 saturated heterocycles. The van der Waals surface area contributed by atoms with Crippen LogP contribution in [0.3, 0.4) is 0 Å². The predicted molar refractivity (Wildman–Crippen MR) is 73.2 cm³/mol. The van der Waals surface area contributed by atoms with Gasteiger partial charge in [-0.3, -0.25) is 0 Å². The molecular formula is C11H13ClN4O3S. The Bertz CT molecular complexity index is 749. The second-order valence-electron chi connectivity index (χ2n) is 4.14. The fourth-order valence-corrected chi connectivity index (χ4v) is 2.80. The van der Waals surface area contributed by atoms with E-state index >= 15 is 0 Å². The number of aryl methyl sites for hydroxylation is 1. The number of tetrazole rings is 1. The molecule has 0 aliphatic carbocycles. The van der Waals surface area contributed by atoms with Gasteiger partial charge < -0.3 is 0 Å². The highest BCUT2D eigenvalue weighted by atomic mass is 35.5.